The van der Waals surface area contributed by atoms with Gasteiger partial charge in [0.15, 0.2) is 0 Å². The number of piperazine rings is 1. The highest BCUT2D eigenvalue weighted by Gasteiger charge is 2.10. The van der Waals surface area contributed by atoms with Crippen LogP contribution >= 0.6 is 0 Å². The summed E-state index contributed by atoms with van der Waals surface area (Å²) in [5.41, 5.74) is 1.25. The maximum atomic E-state index is 5.75. The number of rotatable bonds is 8. The zero-order valence-corrected chi connectivity index (χ0v) is 12.4. The van der Waals surface area contributed by atoms with Crippen LogP contribution in [0.5, 0.6) is 5.75 Å². The van der Waals surface area contributed by atoms with Gasteiger partial charge in [0.25, 0.3) is 0 Å². The van der Waals surface area contributed by atoms with Crippen molar-refractivity contribution >= 4 is 5.69 Å². The number of hydrogen-bond donors (Lipinski definition) is 1. The molecule has 1 aliphatic rings. The third-order valence-corrected chi connectivity index (χ3v) is 3.44. The second-order valence-corrected chi connectivity index (χ2v) is 5.05. The maximum Gasteiger partial charge on any atom is 0.121 e. The second kappa shape index (κ2) is 8.82. The van der Waals surface area contributed by atoms with Crippen molar-refractivity contribution in [1.82, 2.24) is 5.32 Å². The highest BCUT2D eigenvalue weighted by Crippen LogP contribution is 2.21. The molecule has 1 aliphatic heterocycles. The van der Waals surface area contributed by atoms with Gasteiger partial charge in [0.1, 0.15) is 12.4 Å². The van der Waals surface area contributed by atoms with Crippen LogP contribution < -0.4 is 15.0 Å². The first-order valence-corrected chi connectivity index (χ1v) is 7.66. The fourth-order valence-electron chi connectivity index (χ4n) is 2.26. The maximum absolute atomic E-state index is 5.75. The Bertz CT molecular complexity index is 378. The van der Waals surface area contributed by atoms with Crippen LogP contribution in [0.2, 0.25) is 0 Å². The summed E-state index contributed by atoms with van der Waals surface area (Å²) in [5.74, 6) is 0.931. The molecule has 0 aromatic heterocycles. The number of unbranched alkanes of at least 4 members (excludes halogenated alkanes) is 1. The Morgan fingerprint density at radius 2 is 2.00 bits per heavy atom. The lowest BCUT2D eigenvalue weighted by molar-refractivity contribution is 0.0981. The summed E-state index contributed by atoms with van der Waals surface area (Å²) in [6.45, 7) is 8.51. The smallest absolute Gasteiger partial charge is 0.121 e. The van der Waals surface area contributed by atoms with Crippen molar-refractivity contribution in [1.29, 1.82) is 0 Å². The molecule has 0 spiro atoms. The lowest BCUT2D eigenvalue weighted by Gasteiger charge is -2.29. The molecule has 0 amide bonds. The van der Waals surface area contributed by atoms with Crippen molar-refractivity contribution in [2.75, 3.05) is 50.9 Å². The molecule has 0 radical (unpaired) electrons. The molecular weight excluding hydrogens is 252 g/mol. The molecule has 0 atom stereocenters. The van der Waals surface area contributed by atoms with E-state index in [-0.39, 0.29) is 0 Å². The third kappa shape index (κ3) is 5.02. The molecule has 0 aliphatic carbocycles. The van der Waals surface area contributed by atoms with Gasteiger partial charge in [-0.3, -0.25) is 0 Å². The molecule has 1 heterocycles. The molecule has 1 aromatic rings. The minimum Gasteiger partial charge on any atom is -0.491 e. The van der Waals surface area contributed by atoms with Crippen molar-refractivity contribution in [3.05, 3.63) is 24.3 Å². The molecule has 4 heteroatoms. The van der Waals surface area contributed by atoms with Crippen LogP contribution in [0.1, 0.15) is 19.8 Å². The summed E-state index contributed by atoms with van der Waals surface area (Å²) < 4.78 is 11.2. The molecule has 0 unspecified atom stereocenters. The van der Waals surface area contributed by atoms with Crippen molar-refractivity contribution in [3.8, 4) is 5.75 Å². The van der Waals surface area contributed by atoms with Crippen molar-refractivity contribution in [3.63, 3.8) is 0 Å². The van der Waals surface area contributed by atoms with Gasteiger partial charge in [-0.25, -0.2) is 0 Å². The summed E-state index contributed by atoms with van der Waals surface area (Å²) in [7, 11) is 0. The van der Waals surface area contributed by atoms with E-state index in [1.807, 2.05) is 6.07 Å². The van der Waals surface area contributed by atoms with E-state index in [1.165, 1.54) is 12.1 Å². The van der Waals surface area contributed by atoms with Crippen LogP contribution in [0, 0.1) is 0 Å². The number of nitrogens with one attached hydrogen (secondary N) is 1. The monoisotopic (exact) mass is 278 g/mol. The van der Waals surface area contributed by atoms with E-state index < -0.39 is 0 Å². The molecule has 112 valence electrons. The Balaban J connectivity index is 1.74. The van der Waals surface area contributed by atoms with Crippen LogP contribution in [0.25, 0.3) is 0 Å². The number of anilines is 1. The first-order valence-electron chi connectivity index (χ1n) is 7.66. The van der Waals surface area contributed by atoms with Gasteiger partial charge in [0.2, 0.25) is 0 Å². The Labute approximate surface area is 122 Å². The number of nitrogens with zero attached hydrogens (tertiary/aromatic N) is 1. The summed E-state index contributed by atoms with van der Waals surface area (Å²) in [5, 5.41) is 3.37. The van der Waals surface area contributed by atoms with Gasteiger partial charge in [-0.05, 0) is 18.6 Å². The van der Waals surface area contributed by atoms with E-state index in [0.29, 0.717) is 13.2 Å². The lowest BCUT2D eigenvalue weighted by atomic mass is 10.2. The first-order chi connectivity index (χ1) is 9.90. The second-order valence-electron chi connectivity index (χ2n) is 5.05. The quantitative estimate of drug-likeness (QED) is 0.740. The van der Waals surface area contributed by atoms with Gasteiger partial charge in [-0.2, -0.15) is 0 Å². The third-order valence-electron chi connectivity index (χ3n) is 3.44. The highest BCUT2D eigenvalue weighted by molar-refractivity contribution is 5.51. The standard InChI is InChI=1S/C16H26N2O2/c1-2-3-11-19-12-13-20-16-6-4-5-15(14-16)18-9-7-17-8-10-18/h4-6,14,17H,2-3,7-13H2,1H3. The van der Waals surface area contributed by atoms with Crippen LogP contribution in [0.4, 0.5) is 5.69 Å². The average molecular weight is 278 g/mol. The number of ether oxygens (including phenoxy) is 2. The van der Waals surface area contributed by atoms with Crippen molar-refractivity contribution in [2.24, 2.45) is 0 Å². The van der Waals surface area contributed by atoms with Crippen LogP contribution in [0.15, 0.2) is 24.3 Å². The van der Waals surface area contributed by atoms with E-state index >= 15 is 0 Å². The number of benzene rings is 1. The predicted octanol–water partition coefficient (Wildman–Crippen LogP) is 2.29. The highest BCUT2D eigenvalue weighted by atomic mass is 16.5. The van der Waals surface area contributed by atoms with Crippen LogP contribution in [0.3, 0.4) is 0 Å². The lowest BCUT2D eigenvalue weighted by Crippen LogP contribution is -2.43. The summed E-state index contributed by atoms with van der Waals surface area (Å²) in [6, 6.07) is 8.34. The van der Waals surface area contributed by atoms with E-state index in [1.54, 1.807) is 0 Å². The topological polar surface area (TPSA) is 33.7 Å². The van der Waals surface area contributed by atoms with E-state index in [0.717, 1.165) is 45.0 Å². The van der Waals surface area contributed by atoms with Gasteiger partial charge >= 0.3 is 0 Å². The molecule has 0 bridgehead atoms. The minimum absolute atomic E-state index is 0.620. The number of hydrogen-bond acceptors (Lipinski definition) is 4. The zero-order valence-electron chi connectivity index (χ0n) is 12.4. The largest absolute Gasteiger partial charge is 0.491 e. The molecular formula is C16H26N2O2. The van der Waals surface area contributed by atoms with Crippen molar-refractivity contribution in [2.45, 2.75) is 19.8 Å². The first kappa shape index (κ1) is 15.1. The fraction of sp³-hybridized carbons (Fsp3) is 0.625. The SMILES string of the molecule is CCCCOCCOc1cccc(N2CCNCC2)c1. The van der Waals surface area contributed by atoms with E-state index in [4.69, 9.17) is 9.47 Å². The molecule has 1 saturated heterocycles. The zero-order chi connectivity index (χ0) is 14.0. The summed E-state index contributed by atoms with van der Waals surface area (Å²) in [6.07, 6.45) is 2.30. The fourth-order valence-corrected chi connectivity index (χ4v) is 2.26. The van der Waals surface area contributed by atoms with Gasteiger partial charge in [-0.1, -0.05) is 19.4 Å². The van der Waals surface area contributed by atoms with Crippen LogP contribution in [-0.2, 0) is 4.74 Å². The van der Waals surface area contributed by atoms with E-state index in [9.17, 15) is 0 Å². The van der Waals surface area contributed by atoms with Gasteiger partial charge in [-0.15, -0.1) is 0 Å². The van der Waals surface area contributed by atoms with Gasteiger partial charge in [0.05, 0.1) is 6.61 Å². The summed E-state index contributed by atoms with van der Waals surface area (Å²) >= 11 is 0. The molecule has 20 heavy (non-hydrogen) atoms. The Kier molecular flexibility index (Phi) is 6.68. The average Bonchev–Trinajstić information content (AvgIpc) is 2.52. The normalized spacial score (nSPS) is 15.3. The molecule has 2 rings (SSSR count). The Morgan fingerprint density at radius 3 is 2.80 bits per heavy atom. The van der Waals surface area contributed by atoms with Crippen molar-refractivity contribution < 1.29 is 9.47 Å². The van der Waals surface area contributed by atoms with Crippen LogP contribution in [-0.4, -0.2) is 46.0 Å². The van der Waals surface area contributed by atoms with Gasteiger partial charge in [0, 0.05) is 44.5 Å². The molecule has 4 nitrogen and oxygen atoms in total. The van der Waals surface area contributed by atoms with E-state index in [2.05, 4.69) is 35.3 Å². The molecule has 1 N–H and O–H groups in total. The molecule has 1 fully saturated rings. The Hall–Kier alpha value is -1.26. The summed E-state index contributed by atoms with van der Waals surface area (Å²) in [4.78, 5) is 2.39. The molecule has 0 saturated carbocycles. The minimum atomic E-state index is 0.620. The predicted molar refractivity (Wildman–Crippen MR) is 82.7 cm³/mol. The Morgan fingerprint density at radius 1 is 1.15 bits per heavy atom. The molecule has 1 aromatic carbocycles. The van der Waals surface area contributed by atoms with Gasteiger partial charge < -0.3 is 19.7 Å².